The van der Waals surface area contributed by atoms with E-state index in [1.807, 2.05) is 65.4 Å². The summed E-state index contributed by atoms with van der Waals surface area (Å²) in [5.74, 6) is 0.671. The van der Waals surface area contributed by atoms with Gasteiger partial charge in [0.05, 0.1) is 17.8 Å². The van der Waals surface area contributed by atoms with E-state index in [1.54, 1.807) is 6.92 Å². The van der Waals surface area contributed by atoms with E-state index in [2.05, 4.69) is 9.97 Å². The molecule has 0 radical (unpaired) electrons. The molecule has 0 aliphatic heterocycles. The van der Waals surface area contributed by atoms with Crippen LogP contribution in [0.3, 0.4) is 0 Å². The van der Waals surface area contributed by atoms with Crippen molar-refractivity contribution in [3.8, 4) is 22.6 Å². The average Bonchev–Trinajstić information content (AvgIpc) is 3.08. The van der Waals surface area contributed by atoms with Crippen LogP contribution in [0, 0.1) is 0 Å². The molecule has 27 heavy (non-hydrogen) atoms. The standard InChI is InChI=1S/C21H19N3O3/c1-14(25)12-27-17-9-7-16(8-10-17)24-11-18(15-5-3-2-4-6-15)19-20(24)22-13-23-21(19)26/h2-11,13-14,25H,12H2,1H3,(H,22,23,26). The van der Waals surface area contributed by atoms with E-state index in [0.29, 0.717) is 16.8 Å². The highest BCUT2D eigenvalue weighted by atomic mass is 16.5. The van der Waals surface area contributed by atoms with Crippen LogP contribution in [-0.4, -0.2) is 32.4 Å². The summed E-state index contributed by atoms with van der Waals surface area (Å²) in [7, 11) is 0. The third kappa shape index (κ3) is 3.35. The van der Waals surface area contributed by atoms with Crippen molar-refractivity contribution < 1.29 is 9.84 Å². The number of nitrogens with one attached hydrogen (secondary N) is 1. The Morgan fingerprint density at radius 1 is 1.15 bits per heavy atom. The largest absolute Gasteiger partial charge is 0.491 e. The maximum Gasteiger partial charge on any atom is 0.260 e. The lowest BCUT2D eigenvalue weighted by atomic mass is 10.1. The topological polar surface area (TPSA) is 80.1 Å². The Morgan fingerprint density at radius 3 is 2.59 bits per heavy atom. The van der Waals surface area contributed by atoms with E-state index < -0.39 is 6.10 Å². The number of rotatable bonds is 5. The summed E-state index contributed by atoms with van der Waals surface area (Å²) in [5, 5.41) is 9.89. The van der Waals surface area contributed by atoms with Gasteiger partial charge in [-0.2, -0.15) is 0 Å². The van der Waals surface area contributed by atoms with Crippen LogP contribution in [0.1, 0.15) is 6.92 Å². The first-order valence-electron chi connectivity index (χ1n) is 8.69. The van der Waals surface area contributed by atoms with Gasteiger partial charge in [-0.1, -0.05) is 30.3 Å². The lowest BCUT2D eigenvalue weighted by Crippen LogP contribution is -2.12. The first-order chi connectivity index (χ1) is 13.1. The van der Waals surface area contributed by atoms with Crippen molar-refractivity contribution in [1.82, 2.24) is 14.5 Å². The molecule has 0 saturated carbocycles. The fraction of sp³-hybridized carbons (Fsp3) is 0.143. The van der Waals surface area contributed by atoms with Gasteiger partial charge in [-0.15, -0.1) is 0 Å². The Labute approximate surface area is 155 Å². The second-order valence-corrected chi connectivity index (χ2v) is 6.36. The van der Waals surface area contributed by atoms with Gasteiger partial charge in [-0.3, -0.25) is 4.79 Å². The second-order valence-electron chi connectivity index (χ2n) is 6.36. The molecule has 4 rings (SSSR count). The number of aromatic amines is 1. The van der Waals surface area contributed by atoms with Crippen LogP contribution in [0.5, 0.6) is 5.75 Å². The first-order valence-corrected chi connectivity index (χ1v) is 8.69. The highest BCUT2D eigenvalue weighted by molar-refractivity contribution is 5.94. The van der Waals surface area contributed by atoms with E-state index in [1.165, 1.54) is 6.33 Å². The Bertz CT molecular complexity index is 1110. The number of aromatic nitrogens is 3. The average molecular weight is 361 g/mol. The molecule has 0 spiro atoms. The predicted octanol–water partition coefficient (Wildman–Crippen LogP) is 3.14. The zero-order valence-electron chi connectivity index (χ0n) is 14.8. The summed E-state index contributed by atoms with van der Waals surface area (Å²) in [6.07, 6.45) is 2.81. The summed E-state index contributed by atoms with van der Waals surface area (Å²) in [5.41, 5.74) is 3.07. The minimum Gasteiger partial charge on any atom is -0.491 e. The summed E-state index contributed by atoms with van der Waals surface area (Å²) < 4.78 is 7.40. The molecule has 0 saturated heterocycles. The van der Waals surface area contributed by atoms with Gasteiger partial charge in [0.2, 0.25) is 0 Å². The third-order valence-electron chi connectivity index (χ3n) is 4.28. The smallest absolute Gasteiger partial charge is 0.260 e. The molecule has 1 unspecified atom stereocenters. The van der Waals surface area contributed by atoms with Crippen LogP contribution in [0.15, 0.2) is 71.9 Å². The third-order valence-corrected chi connectivity index (χ3v) is 4.28. The molecule has 0 aliphatic carbocycles. The molecule has 0 aliphatic rings. The number of benzene rings is 2. The van der Waals surface area contributed by atoms with E-state index in [0.717, 1.165) is 16.8 Å². The van der Waals surface area contributed by atoms with Gasteiger partial charge < -0.3 is 19.4 Å². The Morgan fingerprint density at radius 2 is 1.89 bits per heavy atom. The van der Waals surface area contributed by atoms with Gasteiger partial charge in [0.1, 0.15) is 12.4 Å². The van der Waals surface area contributed by atoms with Gasteiger partial charge >= 0.3 is 0 Å². The van der Waals surface area contributed by atoms with Crippen molar-refractivity contribution in [2.45, 2.75) is 13.0 Å². The summed E-state index contributed by atoms with van der Waals surface area (Å²) in [4.78, 5) is 19.5. The van der Waals surface area contributed by atoms with Crippen molar-refractivity contribution in [3.63, 3.8) is 0 Å². The van der Waals surface area contributed by atoms with Gasteiger partial charge in [0.15, 0.2) is 5.65 Å². The molecule has 0 bridgehead atoms. The fourth-order valence-corrected chi connectivity index (χ4v) is 3.02. The zero-order valence-corrected chi connectivity index (χ0v) is 14.8. The van der Waals surface area contributed by atoms with Gasteiger partial charge in [0, 0.05) is 17.4 Å². The van der Waals surface area contributed by atoms with Gasteiger partial charge in [-0.05, 0) is 36.8 Å². The molecular formula is C21H19N3O3. The highest BCUT2D eigenvalue weighted by Crippen LogP contribution is 2.29. The van der Waals surface area contributed by atoms with Gasteiger partial charge in [0.25, 0.3) is 5.56 Å². The molecule has 0 fully saturated rings. The van der Waals surface area contributed by atoms with Crippen LogP contribution in [0.4, 0.5) is 0 Å². The Hall–Kier alpha value is -3.38. The molecule has 2 aromatic heterocycles. The summed E-state index contributed by atoms with van der Waals surface area (Å²) in [6.45, 7) is 1.91. The fourth-order valence-electron chi connectivity index (χ4n) is 3.02. The summed E-state index contributed by atoms with van der Waals surface area (Å²) >= 11 is 0. The number of aliphatic hydroxyl groups excluding tert-OH is 1. The Kier molecular flexibility index (Phi) is 4.48. The molecule has 2 heterocycles. The number of ether oxygens (including phenoxy) is 1. The molecule has 6 heteroatoms. The minimum absolute atomic E-state index is 0.172. The highest BCUT2D eigenvalue weighted by Gasteiger charge is 2.15. The molecule has 2 N–H and O–H groups in total. The van der Waals surface area contributed by atoms with Crippen LogP contribution in [0.2, 0.25) is 0 Å². The van der Waals surface area contributed by atoms with Crippen molar-refractivity contribution in [3.05, 3.63) is 77.5 Å². The van der Waals surface area contributed by atoms with Crippen LogP contribution >= 0.6 is 0 Å². The quantitative estimate of drug-likeness (QED) is 0.572. The van der Waals surface area contributed by atoms with Gasteiger partial charge in [-0.25, -0.2) is 4.98 Å². The lowest BCUT2D eigenvalue weighted by molar-refractivity contribution is 0.123. The maximum atomic E-state index is 12.5. The number of hydrogen-bond acceptors (Lipinski definition) is 4. The van der Waals surface area contributed by atoms with E-state index in [4.69, 9.17) is 4.74 Å². The summed E-state index contributed by atoms with van der Waals surface area (Å²) in [6, 6.07) is 17.2. The maximum absolute atomic E-state index is 12.5. The molecular weight excluding hydrogens is 342 g/mol. The first kappa shape index (κ1) is 17.1. The predicted molar refractivity (Wildman–Crippen MR) is 104 cm³/mol. The van der Waals surface area contributed by atoms with E-state index in [9.17, 15) is 9.90 Å². The molecule has 4 aromatic rings. The van der Waals surface area contributed by atoms with E-state index in [-0.39, 0.29) is 12.2 Å². The molecule has 136 valence electrons. The van der Waals surface area contributed by atoms with E-state index >= 15 is 0 Å². The van der Waals surface area contributed by atoms with Crippen molar-refractivity contribution in [1.29, 1.82) is 0 Å². The number of hydrogen-bond donors (Lipinski definition) is 2. The van der Waals surface area contributed by atoms with Crippen molar-refractivity contribution >= 4 is 11.0 Å². The lowest BCUT2D eigenvalue weighted by Gasteiger charge is -2.09. The van der Waals surface area contributed by atoms with Crippen LogP contribution in [0.25, 0.3) is 27.8 Å². The number of aliphatic hydroxyl groups is 1. The number of nitrogens with zero attached hydrogens (tertiary/aromatic N) is 2. The Balaban J connectivity index is 1.81. The second kappa shape index (κ2) is 7.09. The van der Waals surface area contributed by atoms with Crippen molar-refractivity contribution in [2.24, 2.45) is 0 Å². The molecule has 1 atom stereocenters. The monoisotopic (exact) mass is 361 g/mol. The number of H-pyrrole nitrogens is 1. The van der Waals surface area contributed by atoms with Crippen molar-refractivity contribution in [2.75, 3.05) is 6.61 Å². The number of fused-ring (bicyclic) bond motifs is 1. The van der Waals surface area contributed by atoms with Crippen LogP contribution in [-0.2, 0) is 0 Å². The van der Waals surface area contributed by atoms with Crippen LogP contribution < -0.4 is 10.3 Å². The molecule has 6 nitrogen and oxygen atoms in total. The SMILES string of the molecule is CC(O)COc1ccc(-n2cc(-c3ccccc3)c3c(=O)[nH]cnc32)cc1. The normalized spacial score (nSPS) is 12.2. The molecule has 0 amide bonds. The minimum atomic E-state index is -0.526. The molecule has 2 aromatic carbocycles. The zero-order chi connectivity index (χ0) is 18.8.